The number of carbonyl (C=O) groups excluding carboxylic acids is 1. The Kier molecular flexibility index (Phi) is 4.24. The van der Waals surface area contributed by atoms with Gasteiger partial charge in [-0.3, -0.25) is 4.79 Å². The molecule has 6 nitrogen and oxygen atoms in total. The van der Waals surface area contributed by atoms with Gasteiger partial charge in [-0.1, -0.05) is 6.07 Å². The van der Waals surface area contributed by atoms with Crippen LogP contribution in [0.5, 0.6) is 5.75 Å². The monoisotopic (exact) mass is 274 g/mol. The van der Waals surface area contributed by atoms with Gasteiger partial charge in [-0.15, -0.1) is 0 Å². The third-order valence-corrected chi connectivity index (χ3v) is 2.92. The molecule has 6 heteroatoms. The van der Waals surface area contributed by atoms with Gasteiger partial charge in [0.05, 0.1) is 24.7 Å². The van der Waals surface area contributed by atoms with Crippen LogP contribution < -0.4 is 15.8 Å². The van der Waals surface area contributed by atoms with Crippen molar-refractivity contribution in [2.24, 2.45) is 0 Å². The number of anilines is 1. The van der Waals surface area contributed by atoms with Gasteiger partial charge in [-0.2, -0.15) is 0 Å². The van der Waals surface area contributed by atoms with Crippen molar-refractivity contribution < 1.29 is 9.53 Å². The Morgan fingerprint density at radius 3 is 3.00 bits per heavy atom. The highest BCUT2D eigenvalue weighted by Gasteiger charge is 2.16. The van der Waals surface area contributed by atoms with Crippen LogP contribution in [0.25, 0.3) is 0 Å². The molecule has 20 heavy (non-hydrogen) atoms. The molecule has 1 unspecified atom stereocenters. The van der Waals surface area contributed by atoms with Gasteiger partial charge in [0.1, 0.15) is 0 Å². The maximum atomic E-state index is 12.2. The Bertz CT molecular complexity index is 581. The maximum Gasteiger partial charge on any atom is 0.255 e. The van der Waals surface area contributed by atoms with Crippen LogP contribution in [0.4, 0.5) is 5.69 Å². The number of methoxy groups -OCH3 is 1. The number of amides is 1. The molecule has 0 saturated carbocycles. The highest BCUT2D eigenvalue weighted by atomic mass is 16.5. The number of nitrogens with one attached hydrogen (secondary N) is 1. The summed E-state index contributed by atoms with van der Waals surface area (Å²) in [6.45, 7) is 2.58. The van der Waals surface area contributed by atoms with E-state index in [0.717, 1.165) is 0 Å². The van der Waals surface area contributed by atoms with Gasteiger partial charge in [-0.25, -0.2) is 4.98 Å². The summed E-state index contributed by atoms with van der Waals surface area (Å²) in [5.41, 5.74) is 6.67. The minimum atomic E-state index is -0.207. The Morgan fingerprint density at radius 1 is 1.55 bits per heavy atom. The van der Waals surface area contributed by atoms with E-state index >= 15 is 0 Å². The smallest absolute Gasteiger partial charge is 0.255 e. The Balaban J connectivity index is 2.06. The summed E-state index contributed by atoms with van der Waals surface area (Å²) in [5, 5.41) is 2.91. The number of ether oxygens (including phenoxy) is 1. The Morgan fingerprint density at radius 2 is 2.35 bits per heavy atom. The number of nitrogen functional groups attached to an aromatic ring is 1. The fourth-order valence-corrected chi connectivity index (χ4v) is 2.02. The van der Waals surface area contributed by atoms with E-state index in [4.69, 9.17) is 10.5 Å². The molecule has 1 atom stereocenters. The topological polar surface area (TPSA) is 82.2 Å². The average molecular weight is 274 g/mol. The van der Waals surface area contributed by atoms with E-state index in [-0.39, 0.29) is 11.9 Å². The third-order valence-electron chi connectivity index (χ3n) is 2.92. The molecule has 3 N–H and O–H groups in total. The Labute approximate surface area is 117 Å². The molecule has 0 fully saturated rings. The normalized spacial score (nSPS) is 11.9. The SMILES string of the molecule is COc1c(N)cccc1C(=O)NC(C)Cn1ccnc1. The zero-order chi connectivity index (χ0) is 14.5. The molecule has 1 aromatic carbocycles. The highest BCUT2D eigenvalue weighted by molar-refractivity contribution is 5.98. The van der Waals surface area contributed by atoms with Crippen molar-refractivity contribution in [3.05, 3.63) is 42.5 Å². The summed E-state index contributed by atoms with van der Waals surface area (Å²) < 4.78 is 7.09. The van der Waals surface area contributed by atoms with Crippen LogP contribution in [0.2, 0.25) is 0 Å². The molecule has 1 aromatic heterocycles. The number of nitrogens with two attached hydrogens (primary N) is 1. The molecule has 2 rings (SSSR count). The number of para-hydroxylation sites is 1. The molecule has 1 amide bonds. The zero-order valence-corrected chi connectivity index (χ0v) is 11.5. The van der Waals surface area contributed by atoms with E-state index in [1.165, 1.54) is 7.11 Å². The van der Waals surface area contributed by atoms with Gasteiger partial charge in [0, 0.05) is 25.0 Å². The van der Waals surface area contributed by atoms with Crippen molar-refractivity contribution in [3.8, 4) is 5.75 Å². The van der Waals surface area contributed by atoms with Crippen LogP contribution in [-0.4, -0.2) is 28.6 Å². The van der Waals surface area contributed by atoms with Crippen LogP contribution >= 0.6 is 0 Å². The van der Waals surface area contributed by atoms with E-state index in [1.54, 1.807) is 30.7 Å². The van der Waals surface area contributed by atoms with Crippen LogP contribution in [0.3, 0.4) is 0 Å². The summed E-state index contributed by atoms with van der Waals surface area (Å²) in [7, 11) is 1.50. The molecule has 2 aromatic rings. The summed E-state index contributed by atoms with van der Waals surface area (Å²) in [6, 6.07) is 5.08. The average Bonchev–Trinajstić information content (AvgIpc) is 2.90. The van der Waals surface area contributed by atoms with Crippen LogP contribution in [0, 0.1) is 0 Å². The highest BCUT2D eigenvalue weighted by Crippen LogP contribution is 2.25. The first-order valence-corrected chi connectivity index (χ1v) is 6.31. The number of benzene rings is 1. The fraction of sp³-hybridized carbons (Fsp3) is 0.286. The summed E-state index contributed by atoms with van der Waals surface area (Å²) >= 11 is 0. The van der Waals surface area contributed by atoms with Gasteiger partial charge in [0.25, 0.3) is 5.91 Å². The van der Waals surface area contributed by atoms with Crippen molar-refractivity contribution in [2.75, 3.05) is 12.8 Å². The van der Waals surface area contributed by atoms with Gasteiger partial charge >= 0.3 is 0 Å². The molecule has 0 saturated heterocycles. The maximum absolute atomic E-state index is 12.2. The second-order valence-electron chi connectivity index (χ2n) is 4.56. The molecule has 106 valence electrons. The molecule has 0 aliphatic heterocycles. The predicted octanol–water partition coefficient (Wildman–Crippen LogP) is 1.29. The summed E-state index contributed by atoms with van der Waals surface area (Å²) in [4.78, 5) is 16.2. The van der Waals surface area contributed by atoms with Crippen molar-refractivity contribution in [3.63, 3.8) is 0 Å². The Hall–Kier alpha value is -2.50. The molecule has 0 radical (unpaired) electrons. The first-order chi connectivity index (χ1) is 9.61. The summed E-state index contributed by atoms with van der Waals surface area (Å²) in [5.74, 6) is 0.196. The van der Waals surface area contributed by atoms with Crippen molar-refractivity contribution in [1.82, 2.24) is 14.9 Å². The van der Waals surface area contributed by atoms with E-state index in [9.17, 15) is 4.79 Å². The number of hydrogen-bond donors (Lipinski definition) is 2. The van der Waals surface area contributed by atoms with Gasteiger partial charge < -0.3 is 20.4 Å². The lowest BCUT2D eigenvalue weighted by Crippen LogP contribution is -2.35. The zero-order valence-electron chi connectivity index (χ0n) is 11.5. The minimum Gasteiger partial charge on any atom is -0.494 e. The van der Waals surface area contributed by atoms with Crippen molar-refractivity contribution >= 4 is 11.6 Å². The van der Waals surface area contributed by atoms with E-state index in [2.05, 4.69) is 10.3 Å². The summed E-state index contributed by atoms with van der Waals surface area (Å²) in [6.07, 6.45) is 5.27. The van der Waals surface area contributed by atoms with E-state index in [0.29, 0.717) is 23.5 Å². The van der Waals surface area contributed by atoms with Crippen molar-refractivity contribution in [1.29, 1.82) is 0 Å². The number of hydrogen-bond acceptors (Lipinski definition) is 4. The van der Waals surface area contributed by atoms with Gasteiger partial charge in [0.15, 0.2) is 5.75 Å². The number of carbonyl (C=O) groups is 1. The lowest BCUT2D eigenvalue weighted by molar-refractivity contribution is 0.0934. The first-order valence-electron chi connectivity index (χ1n) is 6.31. The quantitative estimate of drug-likeness (QED) is 0.805. The molecule has 1 heterocycles. The number of rotatable bonds is 5. The van der Waals surface area contributed by atoms with Gasteiger partial charge in [-0.05, 0) is 19.1 Å². The van der Waals surface area contributed by atoms with Crippen molar-refractivity contribution in [2.45, 2.75) is 19.5 Å². The molecule has 0 aliphatic carbocycles. The first kappa shape index (κ1) is 13.9. The fourth-order valence-electron chi connectivity index (χ4n) is 2.02. The van der Waals surface area contributed by atoms with Gasteiger partial charge in [0.2, 0.25) is 0 Å². The number of nitrogens with zero attached hydrogens (tertiary/aromatic N) is 2. The van der Waals surface area contributed by atoms with E-state index in [1.807, 2.05) is 17.7 Å². The van der Waals surface area contributed by atoms with Crippen LogP contribution in [0.1, 0.15) is 17.3 Å². The molecule has 0 aliphatic rings. The standard InChI is InChI=1S/C14H18N4O2/c1-10(8-18-7-6-16-9-18)17-14(19)11-4-3-5-12(15)13(11)20-2/h3-7,9-10H,8,15H2,1-2H3,(H,17,19). The largest absolute Gasteiger partial charge is 0.494 e. The molecule has 0 bridgehead atoms. The second-order valence-corrected chi connectivity index (χ2v) is 4.56. The number of aromatic nitrogens is 2. The minimum absolute atomic E-state index is 0.0390. The third kappa shape index (κ3) is 3.09. The van der Waals surface area contributed by atoms with Crippen LogP contribution in [-0.2, 0) is 6.54 Å². The molecule has 0 spiro atoms. The lowest BCUT2D eigenvalue weighted by Gasteiger charge is -2.16. The molecular formula is C14H18N4O2. The van der Waals surface area contributed by atoms with E-state index < -0.39 is 0 Å². The lowest BCUT2D eigenvalue weighted by atomic mass is 10.1. The molecular weight excluding hydrogens is 256 g/mol. The second kappa shape index (κ2) is 6.10. The van der Waals surface area contributed by atoms with Crippen LogP contribution in [0.15, 0.2) is 36.9 Å². The predicted molar refractivity (Wildman–Crippen MR) is 76.6 cm³/mol. The number of imidazole rings is 1.